The fourth-order valence-electron chi connectivity index (χ4n) is 2.64. The summed E-state index contributed by atoms with van der Waals surface area (Å²) in [6, 6.07) is 9.41. The number of nitrogens with zero attached hydrogens (tertiary/aromatic N) is 3. The van der Waals surface area contributed by atoms with Crippen molar-refractivity contribution in [1.29, 1.82) is 0 Å². The van der Waals surface area contributed by atoms with Gasteiger partial charge < -0.3 is 9.26 Å². The van der Waals surface area contributed by atoms with E-state index in [9.17, 15) is 4.79 Å². The van der Waals surface area contributed by atoms with E-state index in [4.69, 9.17) is 9.26 Å². The Morgan fingerprint density at radius 2 is 2.04 bits per heavy atom. The molecule has 6 heteroatoms. The van der Waals surface area contributed by atoms with E-state index in [2.05, 4.69) is 10.1 Å². The third-order valence-electron chi connectivity index (χ3n) is 3.64. The summed E-state index contributed by atoms with van der Waals surface area (Å²) in [5.74, 6) is 1.00. The predicted octanol–water partition coefficient (Wildman–Crippen LogP) is 3.81. The molecule has 0 unspecified atom stereocenters. The molecule has 1 saturated heterocycles. The number of aromatic nitrogens is 2. The first-order valence-electron chi connectivity index (χ1n) is 7.83. The summed E-state index contributed by atoms with van der Waals surface area (Å²) in [7, 11) is 0. The zero-order valence-electron chi connectivity index (χ0n) is 13.7. The highest BCUT2D eigenvalue weighted by Crippen LogP contribution is 2.32. The summed E-state index contributed by atoms with van der Waals surface area (Å²) >= 11 is 0. The second kappa shape index (κ2) is 6.02. The van der Waals surface area contributed by atoms with Gasteiger partial charge in [-0.2, -0.15) is 4.98 Å². The lowest BCUT2D eigenvalue weighted by Crippen LogP contribution is -2.36. The maximum absolute atomic E-state index is 12.3. The number of carbonyl (C=O) groups is 1. The Labute approximate surface area is 135 Å². The van der Waals surface area contributed by atoms with E-state index in [1.807, 2.05) is 51.1 Å². The topological polar surface area (TPSA) is 68.5 Å². The van der Waals surface area contributed by atoms with Crippen molar-refractivity contribution in [1.82, 2.24) is 15.0 Å². The molecule has 2 heterocycles. The number of amides is 1. The fourth-order valence-corrected chi connectivity index (χ4v) is 2.64. The summed E-state index contributed by atoms with van der Waals surface area (Å²) in [5, 5.41) is 4.07. The van der Waals surface area contributed by atoms with Crippen molar-refractivity contribution in [3.8, 4) is 11.5 Å². The molecule has 23 heavy (non-hydrogen) atoms. The van der Waals surface area contributed by atoms with E-state index in [0.717, 1.165) is 18.4 Å². The van der Waals surface area contributed by atoms with Crippen LogP contribution < -0.4 is 0 Å². The Morgan fingerprint density at radius 1 is 1.30 bits per heavy atom. The first-order valence-corrected chi connectivity index (χ1v) is 7.83. The number of likely N-dealkylation sites (tertiary alicyclic amines) is 1. The van der Waals surface area contributed by atoms with Crippen LogP contribution >= 0.6 is 0 Å². The Bertz CT molecular complexity index is 676. The largest absolute Gasteiger partial charge is 0.444 e. The van der Waals surface area contributed by atoms with Crippen molar-refractivity contribution in [3.63, 3.8) is 0 Å². The third kappa shape index (κ3) is 3.52. The van der Waals surface area contributed by atoms with Gasteiger partial charge in [-0.25, -0.2) is 4.79 Å². The van der Waals surface area contributed by atoms with Crippen LogP contribution in [0.4, 0.5) is 4.79 Å². The number of hydrogen-bond acceptors (Lipinski definition) is 5. The zero-order chi connectivity index (χ0) is 16.4. The Balaban J connectivity index is 1.78. The summed E-state index contributed by atoms with van der Waals surface area (Å²) in [6.07, 6.45) is 1.39. The standard InChI is InChI=1S/C17H21N3O3/c1-17(2,3)22-16(21)20-11-7-10-13(20)14-18-15(23-19-14)12-8-5-4-6-9-12/h4-6,8-9,13H,7,10-11H2,1-3H3/t13-/m0/s1. The predicted molar refractivity (Wildman–Crippen MR) is 84.6 cm³/mol. The molecule has 6 nitrogen and oxygen atoms in total. The number of hydrogen-bond donors (Lipinski definition) is 0. The third-order valence-corrected chi connectivity index (χ3v) is 3.64. The quantitative estimate of drug-likeness (QED) is 0.843. The molecule has 1 aromatic carbocycles. The van der Waals surface area contributed by atoms with Gasteiger partial charge in [-0.3, -0.25) is 4.90 Å². The molecule has 2 aromatic rings. The number of rotatable bonds is 2. The van der Waals surface area contributed by atoms with Crippen LogP contribution in [0.2, 0.25) is 0 Å². The zero-order valence-corrected chi connectivity index (χ0v) is 13.7. The molecule has 0 radical (unpaired) electrons. The van der Waals surface area contributed by atoms with Gasteiger partial charge in [0.1, 0.15) is 5.60 Å². The van der Waals surface area contributed by atoms with Crippen molar-refractivity contribution in [2.45, 2.75) is 45.3 Å². The molecule has 1 amide bonds. The van der Waals surface area contributed by atoms with Gasteiger partial charge in [-0.05, 0) is 45.7 Å². The minimum absolute atomic E-state index is 0.189. The van der Waals surface area contributed by atoms with E-state index in [1.54, 1.807) is 4.90 Å². The van der Waals surface area contributed by atoms with Crippen molar-refractivity contribution >= 4 is 6.09 Å². The van der Waals surface area contributed by atoms with Crippen LogP contribution in [0.25, 0.3) is 11.5 Å². The molecule has 0 aliphatic carbocycles. The lowest BCUT2D eigenvalue weighted by molar-refractivity contribution is 0.0217. The molecule has 122 valence electrons. The summed E-state index contributed by atoms with van der Waals surface area (Å²) < 4.78 is 10.8. The van der Waals surface area contributed by atoms with Crippen LogP contribution in [0.5, 0.6) is 0 Å². The van der Waals surface area contributed by atoms with E-state index in [-0.39, 0.29) is 12.1 Å². The van der Waals surface area contributed by atoms with Gasteiger partial charge in [0, 0.05) is 12.1 Å². The highest BCUT2D eigenvalue weighted by atomic mass is 16.6. The molecule has 0 N–H and O–H groups in total. The highest BCUT2D eigenvalue weighted by molar-refractivity contribution is 5.69. The summed E-state index contributed by atoms with van der Waals surface area (Å²) in [4.78, 5) is 18.5. The van der Waals surface area contributed by atoms with Crippen LogP contribution in [-0.2, 0) is 4.74 Å². The van der Waals surface area contributed by atoms with Gasteiger partial charge in [0.25, 0.3) is 5.89 Å². The van der Waals surface area contributed by atoms with Gasteiger partial charge in [-0.15, -0.1) is 0 Å². The molecule has 1 aromatic heterocycles. The summed E-state index contributed by atoms with van der Waals surface area (Å²) in [6.45, 7) is 6.22. The van der Waals surface area contributed by atoms with Crippen molar-refractivity contribution in [2.24, 2.45) is 0 Å². The van der Waals surface area contributed by atoms with Gasteiger partial charge in [0.15, 0.2) is 5.82 Å². The van der Waals surface area contributed by atoms with Crippen LogP contribution in [0, 0.1) is 0 Å². The molecule has 1 atom stereocenters. The second-order valence-corrected chi connectivity index (χ2v) is 6.66. The van der Waals surface area contributed by atoms with Gasteiger partial charge in [0.05, 0.1) is 6.04 Å². The first-order chi connectivity index (χ1) is 10.9. The van der Waals surface area contributed by atoms with Crippen molar-refractivity contribution < 1.29 is 14.1 Å². The molecular weight excluding hydrogens is 294 g/mol. The molecule has 1 aliphatic heterocycles. The molecule has 0 bridgehead atoms. The molecule has 0 spiro atoms. The van der Waals surface area contributed by atoms with Crippen LogP contribution in [0.3, 0.4) is 0 Å². The maximum Gasteiger partial charge on any atom is 0.410 e. The van der Waals surface area contributed by atoms with Crippen molar-refractivity contribution in [3.05, 3.63) is 36.2 Å². The SMILES string of the molecule is CC(C)(C)OC(=O)N1CCC[C@H]1c1noc(-c2ccccc2)n1. The fraction of sp³-hybridized carbons (Fsp3) is 0.471. The molecule has 3 rings (SSSR count). The molecular formula is C17H21N3O3. The average Bonchev–Trinajstić information content (AvgIpc) is 3.15. The van der Waals surface area contributed by atoms with Gasteiger partial charge in [-0.1, -0.05) is 23.4 Å². The van der Waals surface area contributed by atoms with E-state index in [1.165, 1.54) is 0 Å². The van der Waals surface area contributed by atoms with Gasteiger partial charge >= 0.3 is 6.09 Å². The normalized spacial score (nSPS) is 18.2. The highest BCUT2D eigenvalue weighted by Gasteiger charge is 2.36. The monoisotopic (exact) mass is 315 g/mol. The second-order valence-electron chi connectivity index (χ2n) is 6.66. The number of benzene rings is 1. The minimum atomic E-state index is -0.517. The van der Waals surface area contributed by atoms with E-state index in [0.29, 0.717) is 18.3 Å². The lowest BCUT2D eigenvalue weighted by Gasteiger charge is -2.27. The smallest absolute Gasteiger partial charge is 0.410 e. The lowest BCUT2D eigenvalue weighted by atomic mass is 10.2. The number of ether oxygens (including phenoxy) is 1. The van der Waals surface area contributed by atoms with Crippen LogP contribution in [0.1, 0.15) is 45.5 Å². The van der Waals surface area contributed by atoms with Crippen LogP contribution in [-0.4, -0.2) is 33.3 Å². The summed E-state index contributed by atoms with van der Waals surface area (Å²) in [5.41, 5.74) is 0.351. The van der Waals surface area contributed by atoms with Crippen molar-refractivity contribution in [2.75, 3.05) is 6.54 Å². The van der Waals surface area contributed by atoms with E-state index < -0.39 is 5.60 Å². The Hall–Kier alpha value is -2.37. The average molecular weight is 315 g/mol. The maximum atomic E-state index is 12.3. The Morgan fingerprint density at radius 3 is 2.74 bits per heavy atom. The number of carbonyl (C=O) groups excluding carboxylic acids is 1. The Kier molecular flexibility index (Phi) is 4.07. The van der Waals surface area contributed by atoms with E-state index >= 15 is 0 Å². The molecule has 0 saturated carbocycles. The molecule has 1 fully saturated rings. The van der Waals surface area contributed by atoms with Crippen LogP contribution in [0.15, 0.2) is 34.9 Å². The first kappa shape index (κ1) is 15.5. The molecule has 1 aliphatic rings. The van der Waals surface area contributed by atoms with Gasteiger partial charge in [0.2, 0.25) is 0 Å². The minimum Gasteiger partial charge on any atom is -0.444 e.